The maximum atomic E-state index is 12.1. The first-order chi connectivity index (χ1) is 19.2. The van der Waals surface area contributed by atoms with Gasteiger partial charge in [-0.25, -0.2) is 13.4 Å². The lowest BCUT2D eigenvalue weighted by Crippen LogP contribution is -2.29. The van der Waals surface area contributed by atoms with Crippen LogP contribution < -0.4 is 30.7 Å². The molecule has 0 fully saturated rings. The fraction of sp³-hybridized carbons (Fsp3) is 0.296. The van der Waals surface area contributed by atoms with E-state index < -0.39 is 15.9 Å². The number of carbonyl (C=O) groups excluding carboxylic acids is 1. The van der Waals surface area contributed by atoms with Crippen LogP contribution in [0.1, 0.15) is 11.1 Å². The highest BCUT2D eigenvalue weighted by molar-refractivity contribution is 7.92. The smallest absolute Gasteiger partial charge is 0.248 e. The molecule has 0 bridgehead atoms. The molecule has 0 aliphatic carbocycles. The van der Waals surface area contributed by atoms with Crippen LogP contribution in [-0.2, 0) is 14.8 Å². The van der Waals surface area contributed by atoms with Crippen molar-refractivity contribution in [2.24, 2.45) is 5.73 Å². The molecule has 0 spiro atoms. The van der Waals surface area contributed by atoms with Crippen molar-refractivity contribution in [1.29, 1.82) is 0 Å². The third kappa shape index (κ3) is 8.46. The fourth-order valence-corrected chi connectivity index (χ4v) is 4.52. The molecule has 220 valence electrons. The van der Waals surface area contributed by atoms with Gasteiger partial charge in [-0.1, -0.05) is 24.2 Å². The van der Waals surface area contributed by atoms with Crippen LogP contribution in [0.5, 0.6) is 5.75 Å². The average Bonchev–Trinajstić information content (AvgIpc) is 2.88. The molecule has 14 heteroatoms. The number of anilines is 6. The molecule has 12 nitrogen and oxygen atoms in total. The van der Waals surface area contributed by atoms with E-state index in [0.717, 1.165) is 18.4 Å². The van der Waals surface area contributed by atoms with Gasteiger partial charge in [0.25, 0.3) is 0 Å². The topological polar surface area (TPSA) is 155 Å². The number of nitrogens with two attached hydrogens (primary N) is 1. The van der Waals surface area contributed by atoms with Gasteiger partial charge in [-0.05, 0) is 44.8 Å². The van der Waals surface area contributed by atoms with Gasteiger partial charge >= 0.3 is 0 Å². The molecule has 3 rings (SSSR count). The maximum Gasteiger partial charge on any atom is 0.248 e. The Bertz CT molecular complexity index is 1560. The van der Waals surface area contributed by atoms with Gasteiger partial charge in [-0.3, -0.25) is 9.52 Å². The molecule has 41 heavy (non-hydrogen) atoms. The summed E-state index contributed by atoms with van der Waals surface area (Å²) in [5.41, 5.74) is 9.04. The zero-order chi connectivity index (χ0) is 30.5. The van der Waals surface area contributed by atoms with E-state index in [1.807, 2.05) is 43.9 Å². The third-order valence-corrected chi connectivity index (χ3v) is 6.82. The van der Waals surface area contributed by atoms with Gasteiger partial charge < -0.3 is 30.9 Å². The van der Waals surface area contributed by atoms with Crippen LogP contribution in [0.25, 0.3) is 5.57 Å². The molecule has 1 amide bonds. The third-order valence-electron chi connectivity index (χ3n) is 5.95. The molecule has 1 aromatic heterocycles. The SMILES string of the molecule is C=C(C(N)=O)c1cc(Nc2ncc(Cl)c(Nc3ccc(C)cc3NS(C)(=O)=O)n2)c(OC)cc1N(C)CCN(C)C. The summed E-state index contributed by atoms with van der Waals surface area (Å²) < 4.78 is 31.9. The van der Waals surface area contributed by atoms with E-state index in [4.69, 9.17) is 22.1 Å². The number of methoxy groups -OCH3 is 1. The van der Waals surface area contributed by atoms with Crippen LogP contribution in [0.3, 0.4) is 0 Å². The van der Waals surface area contributed by atoms with Crippen LogP contribution >= 0.6 is 11.6 Å². The van der Waals surface area contributed by atoms with Crippen molar-refractivity contribution < 1.29 is 17.9 Å². The molecule has 5 N–H and O–H groups in total. The van der Waals surface area contributed by atoms with Crippen LogP contribution in [0.15, 0.2) is 43.1 Å². The van der Waals surface area contributed by atoms with Crippen LogP contribution in [-0.4, -0.2) is 76.8 Å². The Kier molecular flexibility index (Phi) is 10.0. The van der Waals surface area contributed by atoms with E-state index in [0.29, 0.717) is 40.6 Å². The number of rotatable bonds is 13. The van der Waals surface area contributed by atoms with Crippen molar-refractivity contribution in [1.82, 2.24) is 14.9 Å². The number of ether oxygens (including phenoxy) is 1. The van der Waals surface area contributed by atoms with Gasteiger partial charge in [0.05, 0.1) is 36.6 Å². The lowest BCUT2D eigenvalue weighted by atomic mass is 10.0. The molecule has 3 aromatic rings. The Hall–Kier alpha value is -4.07. The maximum absolute atomic E-state index is 12.1. The van der Waals surface area contributed by atoms with E-state index in [1.165, 1.54) is 13.3 Å². The predicted octanol–water partition coefficient (Wildman–Crippen LogP) is 3.80. The number of nitrogens with zero attached hydrogens (tertiary/aromatic N) is 4. The van der Waals surface area contributed by atoms with E-state index in [2.05, 4.69) is 31.9 Å². The standard InChI is InChI=1S/C27H35ClN8O4S/c1-16-8-9-20(21(12-16)34-41(7,38)39)31-26-19(28)15-30-27(33-26)32-22-13-18(17(2)25(29)37)23(14-24(22)40-6)36(5)11-10-35(3)4/h8-9,12-15,34H,2,10-11H2,1,3-7H3,(H2,29,37)(H2,30,31,32,33). The molecule has 0 atom stereocenters. The summed E-state index contributed by atoms with van der Waals surface area (Å²) >= 11 is 6.38. The molecule has 0 saturated heterocycles. The first-order valence-corrected chi connectivity index (χ1v) is 14.7. The van der Waals surface area contributed by atoms with Gasteiger partial charge in [0.1, 0.15) is 10.8 Å². The number of benzene rings is 2. The van der Waals surface area contributed by atoms with Crippen molar-refractivity contribution in [2.75, 3.05) is 67.9 Å². The summed E-state index contributed by atoms with van der Waals surface area (Å²) in [6.45, 7) is 7.18. The molecular weight excluding hydrogens is 568 g/mol. The van der Waals surface area contributed by atoms with Gasteiger partial charge in [0, 0.05) is 43.0 Å². The molecule has 0 aliphatic rings. The number of nitrogens with one attached hydrogen (secondary N) is 3. The zero-order valence-corrected chi connectivity index (χ0v) is 25.4. The Morgan fingerprint density at radius 2 is 1.80 bits per heavy atom. The monoisotopic (exact) mass is 602 g/mol. The number of primary amides is 1. The number of aryl methyl sites for hydroxylation is 1. The minimum atomic E-state index is -3.54. The van der Waals surface area contributed by atoms with Gasteiger partial charge in [-0.15, -0.1) is 0 Å². The van der Waals surface area contributed by atoms with E-state index in [9.17, 15) is 13.2 Å². The van der Waals surface area contributed by atoms with Gasteiger partial charge in [0.15, 0.2) is 5.82 Å². The molecule has 1 heterocycles. The largest absolute Gasteiger partial charge is 0.494 e. The number of sulfonamides is 1. The van der Waals surface area contributed by atoms with Crippen LogP contribution in [0.4, 0.5) is 34.5 Å². The Morgan fingerprint density at radius 1 is 1.10 bits per heavy atom. The molecule has 0 unspecified atom stereocenters. The first-order valence-electron chi connectivity index (χ1n) is 12.4. The van der Waals surface area contributed by atoms with Gasteiger partial charge in [-0.2, -0.15) is 4.98 Å². The van der Waals surface area contributed by atoms with E-state index in [1.54, 1.807) is 24.3 Å². The van der Waals surface area contributed by atoms with Crippen LogP contribution in [0, 0.1) is 6.92 Å². The highest BCUT2D eigenvalue weighted by atomic mass is 35.5. The summed E-state index contributed by atoms with van der Waals surface area (Å²) in [6.07, 6.45) is 2.47. The number of hydrogen-bond acceptors (Lipinski definition) is 10. The Balaban J connectivity index is 2.01. The normalized spacial score (nSPS) is 11.2. The number of likely N-dealkylation sites (N-methyl/N-ethyl adjacent to an activating group) is 2. The number of hydrogen-bond donors (Lipinski definition) is 4. The van der Waals surface area contributed by atoms with Crippen molar-refractivity contribution in [3.05, 3.63) is 59.3 Å². The van der Waals surface area contributed by atoms with Crippen molar-refractivity contribution in [3.8, 4) is 5.75 Å². The Labute approximate surface area is 245 Å². The molecule has 0 aliphatic heterocycles. The van der Waals surface area contributed by atoms with E-state index >= 15 is 0 Å². The molecule has 2 aromatic carbocycles. The van der Waals surface area contributed by atoms with Crippen molar-refractivity contribution in [3.63, 3.8) is 0 Å². The minimum Gasteiger partial charge on any atom is -0.494 e. The number of amides is 1. The Morgan fingerprint density at radius 3 is 2.41 bits per heavy atom. The van der Waals surface area contributed by atoms with Crippen molar-refractivity contribution in [2.45, 2.75) is 6.92 Å². The molecular formula is C27H35ClN8O4S. The summed E-state index contributed by atoms with van der Waals surface area (Å²) in [6, 6.07) is 8.70. The zero-order valence-electron chi connectivity index (χ0n) is 23.9. The molecule has 0 radical (unpaired) electrons. The first kappa shape index (κ1) is 31.5. The average molecular weight is 603 g/mol. The lowest BCUT2D eigenvalue weighted by Gasteiger charge is -2.26. The van der Waals surface area contributed by atoms with Crippen LogP contribution in [0.2, 0.25) is 5.02 Å². The lowest BCUT2D eigenvalue weighted by molar-refractivity contribution is -0.112. The second kappa shape index (κ2) is 13.1. The number of aromatic nitrogens is 2. The summed E-state index contributed by atoms with van der Waals surface area (Å²) in [4.78, 5) is 24.9. The van der Waals surface area contributed by atoms with Crippen molar-refractivity contribution >= 4 is 67.6 Å². The molecule has 0 saturated carbocycles. The second-order valence-corrected chi connectivity index (χ2v) is 11.9. The predicted molar refractivity (Wildman–Crippen MR) is 166 cm³/mol. The highest BCUT2D eigenvalue weighted by Crippen LogP contribution is 2.38. The van der Waals surface area contributed by atoms with Gasteiger partial charge in [0.2, 0.25) is 21.9 Å². The number of halogens is 1. The quantitative estimate of drug-likeness (QED) is 0.212. The summed E-state index contributed by atoms with van der Waals surface area (Å²) in [5.74, 6) is 0.188. The highest BCUT2D eigenvalue weighted by Gasteiger charge is 2.20. The second-order valence-electron chi connectivity index (χ2n) is 9.70. The van der Waals surface area contributed by atoms with E-state index in [-0.39, 0.29) is 22.4 Å². The minimum absolute atomic E-state index is 0.132. The fourth-order valence-electron chi connectivity index (χ4n) is 3.81. The summed E-state index contributed by atoms with van der Waals surface area (Å²) in [7, 11) is 3.84. The summed E-state index contributed by atoms with van der Waals surface area (Å²) in [5, 5.41) is 6.38. The number of carbonyl (C=O) groups is 1.